The van der Waals surface area contributed by atoms with E-state index in [4.69, 9.17) is 12.2 Å². The van der Waals surface area contributed by atoms with Crippen molar-refractivity contribution < 1.29 is 0 Å². The van der Waals surface area contributed by atoms with Gasteiger partial charge in [0.25, 0.3) is 0 Å². The highest BCUT2D eigenvalue weighted by Gasteiger charge is 2.22. The van der Waals surface area contributed by atoms with E-state index < -0.39 is 0 Å². The molecule has 1 saturated heterocycles. The predicted molar refractivity (Wildman–Crippen MR) is 104 cm³/mol. The van der Waals surface area contributed by atoms with Crippen LogP contribution in [0.2, 0.25) is 0 Å². The molecule has 0 atom stereocenters. The van der Waals surface area contributed by atoms with Gasteiger partial charge >= 0.3 is 0 Å². The Balaban J connectivity index is 1.37. The van der Waals surface area contributed by atoms with Crippen LogP contribution in [-0.4, -0.2) is 60.9 Å². The maximum Gasteiger partial charge on any atom is 0.169 e. The van der Waals surface area contributed by atoms with Gasteiger partial charge in [-0.1, -0.05) is 6.07 Å². The number of nitrogens with one attached hydrogen (secondary N) is 1. The molecular weight excluding hydrogens is 348 g/mol. The monoisotopic (exact) mass is 368 g/mol. The van der Waals surface area contributed by atoms with Gasteiger partial charge in [0.1, 0.15) is 12.1 Å². The van der Waals surface area contributed by atoms with Gasteiger partial charge in [-0.25, -0.2) is 9.97 Å². The zero-order valence-corrected chi connectivity index (χ0v) is 15.4. The van der Waals surface area contributed by atoms with Crippen LogP contribution >= 0.6 is 12.2 Å². The molecule has 8 nitrogen and oxygen atoms in total. The molecule has 0 aromatic carbocycles. The molecule has 26 heavy (non-hydrogen) atoms. The van der Waals surface area contributed by atoms with E-state index in [9.17, 15) is 0 Å². The Bertz CT molecular complexity index is 902. The third-order valence-corrected chi connectivity index (χ3v) is 4.94. The van der Waals surface area contributed by atoms with E-state index in [2.05, 4.69) is 35.2 Å². The van der Waals surface area contributed by atoms with Gasteiger partial charge in [0, 0.05) is 52.2 Å². The van der Waals surface area contributed by atoms with Crippen LogP contribution in [0.15, 0.2) is 37.1 Å². The lowest BCUT2D eigenvalue weighted by Crippen LogP contribution is -2.51. The number of pyridine rings is 1. The number of rotatable bonds is 3. The van der Waals surface area contributed by atoms with E-state index in [-0.39, 0.29) is 0 Å². The standard InChI is InChI=1S/C17H20N8S/c1-23-15-14(11-22-23)16(21-12-20-15)24-5-7-25(8-6-24)17(26)19-10-13-3-2-4-18-9-13/h2-4,9,11-12H,5-8,10H2,1H3,(H,19,26). The normalized spacial score (nSPS) is 14.7. The second-order valence-electron chi connectivity index (χ2n) is 6.20. The molecule has 1 aliphatic heterocycles. The number of anilines is 1. The highest BCUT2D eigenvalue weighted by molar-refractivity contribution is 7.80. The van der Waals surface area contributed by atoms with Crippen molar-refractivity contribution in [2.45, 2.75) is 6.54 Å². The van der Waals surface area contributed by atoms with Crippen LogP contribution in [0.3, 0.4) is 0 Å². The molecule has 0 spiro atoms. The molecular formula is C17H20N8S. The number of hydrogen-bond donors (Lipinski definition) is 1. The lowest BCUT2D eigenvalue weighted by Gasteiger charge is -2.36. The summed E-state index contributed by atoms with van der Waals surface area (Å²) in [7, 11) is 1.89. The van der Waals surface area contributed by atoms with Gasteiger partial charge < -0.3 is 15.1 Å². The van der Waals surface area contributed by atoms with Crippen LogP contribution in [0, 0.1) is 0 Å². The van der Waals surface area contributed by atoms with Crippen molar-refractivity contribution in [3.05, 3.63) is 42.6 Å². The summed E-state index contributed by atoms with van der Waals surface area (Å²) in [5.41, 5.74) is 1.97. The molecule has 1 fully saturated rings. The van der Waals surface area contributed by atoms with Crippen LogP contribution in [0.25, 0.3) is 11.0 Å². The number of aryl methyl sites for hydroxylation is 1. The van der Waals surface area contributed by atoms with Crippen LogP contribution in [0.1, 0.15) is 5.56 Å². The molecule has 0 amide bonds. The van der Waals surface area contributed by atoms with Crippen molar-refractivity contribution in [3.8, 4) is 0 Å². The Kier molecular flexibility index (Phi) is 4.61. The van der Waals surface area contributed by atoms with E-state index in [0.29, 0.717) is 6.54 Å². The summed E-state index contributed by atoms with van der Waals surface area (Å²) in [6, 6.07) is 3.97. The maximum absolute atomic E-state index is 5.55. The Hall–Kier alpha value is -2.81. The fraction of sp³-hybridized carbons (Fsp3) is 0.353. The molecule has 1 aliphatic rings. The molecule has 0 radical (unpaired) electrons. The number of hydrogen-bond acceptors (Lipinski definition) is 6. The maximum atomic E-state index is 5.55. The summed E-state index contributed by atoms with van der Waals surface area (Å²) in [6.07, 6.45) is 7.05. The van der Waals surface area contributed by atoms with Gasteiger partial charge in [-0.3, -0.25) is 9.67 Å². The van der Waals surface area contributed by atoms with Gasteiger partial charge in [-0.2, -0.15) is 5.10 Å². The fourth-order valence-electron chi connectivity index (χ4n) is 3.12. The van der Waals surface area contributed by atoms with Crippen molar-refractivity contribution in [2.75, 3.05) is 31.1 Å². The molecule has 0 bridgehead atoms. The van der Waals surface area contributed by atoms with Crippen LogP contribution < -0.4 is 10.2 Å². The summed E-state index contributed by atoms with van der Waals surface area (Å²) in [6.45, 7) is 4.11. The topological polar surface area (TPSA) is 75.0 Å². The summed E-state index contributed by atoms with van der Waals surface area (Å²) in [5, 5.41) is 9.37. The quantitative estimate of drug-likeness (QED) is 0.685. The van der Waals surface area contributed by atoms with Crippen LogP contribution in [0.5, 0.6) is 0 Å². The van der Waals surface area contributed by atoms with E-state index >= 15 is 0 Å². The highest BCUT2D eigenvalue weighted by Crippen LogP contribution is 2.23. The minimum atomic E-state index is 0.690. The van der Waals surface area contributed by atoms with Crippen molar-refractivity contribution in [1.82, 2.24) is 34.9 Å². The molecule has 0 aliphatic carbocycles. The summed E-state index contributed by atoms with van der Waals surface area (Å²) < 4.78 is 1.77. The third-order valence-electron chi connectivity index (χ3n) is 4.54. The average Bonchev–Trinajstić information content (AvgIpc) is 3.08. The molecule has 9 heteroatoms. The first-order valence-corrected chi connectivity index (χ1v) is 8.92. The van der Waals surface area contributed by atoms with Crippen molar-refractivity contribution in [2.24, 2.45) is 7.05 Å². The summed E-state index contributed by atoms with van der Waals surface area (Å²) in [4.78, 5) is 17.4. The minimum Gasteiger partial charge on any atom is -0.358 e. The molecule has 3 aromatic heterocycles. The highest BCUT2D eigenvalue weighted by atomic mass is 32.1. The second-order valence-corrected chi connectivity index (χ2v) is 6.58. The molecule has 0 saturated carbocycles. The Morgan fingerprint density at radius 3 is 2.81 bits per heavy atom. The van der Waals surface area contributed by atoms with Gasteiger partial charge in [0.15, 0.2) is 10.8 Å². The van der Waals surface area contributed by atoms with E-state index in [1.165, 1.54) is 0 Å². The Morgan fingerprint density at radius 1 is 1.19 bits per heavy atom. The molecule has 4 heterocycles. The van der Waals surface area contributed by atoms with Crippen LogP contribution in [-0.2, 0) is 13.6 Å². The number of piperazine rings is 1. The fourth-order valence-corrected chi connectivity index (χ4v) is 3.37. The van der Waals surface area contributed by atoms with Gasteiger partial charge in [-0.15, -0.1) is 0 Å². The zero-order valence-electron chi connectivity index (χ0n) is 14.5. The summed E-state index contributed by atoms with van der Waals surface area (Å²) in [5.74, 6) is 0.942. The first-order chi connectivity index (χ1) is 12.7. The first-order valence-electron chi connectivity index (χ1n) is 8.52. The molecule has 1 N–H and O–H groups in total. The lowest BCUT2D eigenvalue weighted by molar-refractivity contribution is 0.379. The van der Waals surface area contributed by atoms with E-state index in [0.717, 1.165) is 53.7 Å². The Morgan fingerprint density at radius 2 is 2.04 bits per heavy atom. The average molecular weight is 368 g/mol. The van der Waals surface area contributed by atoms with Crippen molar-refractivity contribution in [3.63, 3.8) is 0 Å². The molecule has 134 valence electrons. The largest absolute Gasteiger partial charge is 0.358 e. The zero-order chi connectivity index (χ0) is 17.9. The lowest BCUT2D eigenvalue weighted by atomic mass is 10.3. The van der Waals surface area contributed by atoms with Crippen molar-refractivity contribution in [1.29, 1.82) is 0 Å². The molecule has 4 rings (SSSR count). The molecule has 0 unspecified atom stereocenters. The first kappa shape index (κ1) is 16.6. The van der Waals surface area contributed by atoms with Crippen LogP contribution in [0.4, 0.5) is 5.82 Å². The summed E-state index contributed by atoms with van der Waals surface area (Å²) >= 11 is 5.55. The number of nitrogens with zero attached hydrogens (tertiary/aromatic N) is 7. The van der Waals surface area contributed by atoms with E-state index in [1.54, 1.807) is 17.2 Å². The van der Waals surface area contributed by atoms with Crippen molar-refractivity contribution >= 4 is 34.2 Å². The number of fused-ring (bicyclic) bond motifs is 1. The number of aromatic nitrogens is 5. The van der Waals surface area contributed by atoms with Gasteiger partial charge in [0.05, 0.1) is 11.6 Å². The SMILES string of the molecule is Cn1ncc2c(N3CCN(C(=S)NCc4cccnc4)CC3)ncnc21. The van der Waals surface area contributed by atoms with Gasteiger partial charge in [-0.05, 0) is 23.8 Å². The Labute approximate surface area is 156 Å². The van der Waals surface area contributed by atoms with Gasteiger partial charge in [0.2, 0.25) is 0 Å². The predicted octanol–water partition coefficient (Wildman–Crippen LogP) is 0.955. The van der Waals surface area contributed by atoms with E-state index in [1.807, 2.05) is 31.6 Å². The second kappa shape index (κ2) is 7.20. The smallest absolute Gasteiger partial charge is 0.169 e. The molecule has 3 aromatic rings. The third kappa shape index (κ3) is 3.30. The number of thiocarbonyl (C=S) groups is 1. The minimum absolute atomic E-state index is 0.690.